The molecule has 0 atom stereocenters. The number of benzene rings is 2. The summed E-state index contributed by atoms with van der Waals surface area (Å²) in [5.41, 5.74) is 0.621. The van der Waals surface area contributed by atoms with E-state index < -0.39 is 0 Å². The fourth-order valence-corrected chi connectivity index (χ4v) is 2.92. The molecule has 0 heterocycles. The summed E-state index contributed by atoms with van der Waals surface area (Å²) in [7, 11) is 0. The van der Waals surface area contributed by atoms with Crippen molar-refractivity contribution in [2.45, 2.75) is 4.90 Å². The number of hydrogen-bond donors (Lipinski definition) is 0. The SMILES string of the molecule is N#Cc1cccc(OCCSc2ccccc2Br)c1. The summed E-state index contributed by atoms with van der Waals surface area (Å²) in [6, 6.07) is 17.4. The van der Waals surface area contributed by atoms with Gasteiger partial charge in [-0.15, -0.1) is 11.8 Å². The van der Waals surface area contributed by atoms with E-state index in [0.717, 1.165) is 16.0 Å². The minimum atomic E-state index is 0.612. The van der Waals surface area contributed by atoms with Gasteiger partial charge in [0.25, 0.3) is 0 Å². The van der Waals surface area contributed by atoms with Gasteiger partial charge in [-0.05, 0) is 46.3 Å². The Hall–Kier alpha value is -1.44. The maximum absolute atomic E-state index is 8.80. The highest BCUT2D eigenvalue weighted by molar-refractivity contribution is 9.10. The molecule has 0 spiro atoms. The molecular formula is C15H12BrNOS. The average molecular weight is 334 g/mol. The van der Waals surface area contributed by atoms with Crippen molar-refractivity contribution in [1.29, 1.82) is 5.26 Å². The second-order valence-corrected chi connectivity index (χ2v) is 5.76. The number of nitrogens with zero attached hydrogens (tertiary/aromatic N) is 1. The molecule has 0 aliphatic rings. The molecule has 2 aromatic rings. The van der Waals surface area contributed by atoms with Crippen LogP contribution in [-0.4, -0.2) is 12.4 Å². The summed E-state index contributed by atoms with van der Waals surface area (Å²) in [6.45, 7) is 0.612. The van der Waals surface area contributed by atoms with Crippen LogP contribution in [0.5, 0.6) is 5.75 Å². The molecule has 0 aromatic heterocycles. The zero-order valence-corrected chi connectivity index (χ0v) is 12.6. The highest BCUT2D eigenvalue weighted by Gasteiger charge is 2.00. The van der Waals surface area contributed by atoms with Gasteiger partial charge in [0.1, 0.15) is 5.75 Å². The molecular weight excluding hydrogens is 322 g/mol. The molecule has 2 aromatic carbocycles. The summed E-state index contributed by atoms with van der Waals surface area (Å²) in [5, 5.41) is 8.80. The molecule has 0 fully saturated rings. The summed E-state index contributed by atoms with van der Waals surface area (Å²) in [5.74, 6) is 1.60. The number of hydrogen-bond acceptors (Lipinski definition) is 3. The van der Waals surface area contributed by atoms with Gasteiger partial charge < -0.3 is 4.74 Å². The second-order valence-electron chi connectivity index (χ2n) is 3.77. The fourth-order valence-electron chi connectivity index (χ4n) is 1.53. The third kappa shape index (κ3) is 4.30. The van der Waals surface area contributed by atoms with E-state index in [1.165, 1.54) is 4.90 Å². The van der Waals surface area contributed by atoms with E-state index in [9.17, 15) is 0 Å². The van der Waals surface area contributed by atoms with Gasteiger partial charge in [-0.1, -0.05) is 18.2 Å². The molecule has 0 unspecified atom stereocenters. The van der Waals surface area contributed by atoms with E-state index in [2.05, 4.69) is 28.1 Å². The highest BCUT2D eigenvalue weighted by atomic mass is 79.9. The van der Waals surface area contributed by atoms with Crippen LogP contribution in [0.3, 0.4) is 0 Å². The minimum Gasteiger partial charge on any atom is -0.493 e. The molecule has 0 bridgehead atoms. The Morgan fingerprint density at radius 1 is 1.16 bits per heavy atom. The van der Waals surface area contributed by atoms with Crippen LogP contribution in [-0.2, 0) is 0 Å². The first kappa shape index (κ1) is 14.0. The summed E-state index contributed by atoms with van der Waals surface area (Å²) in [4.78, 5) is 1.21. The molecule has 0 radical (unpaired) electrons. The van der Waals surface area contributed by atoms with Gasteiger partial charge in [-0.25, -0.2) is 0 Å². The third-order valence-electron chi connectivity index (χ3n) is 2.41. The maximum atomic E-state index is 8.80. The van der Waals surface area contributed by atoms with Crippen molar-refractivity contribution in [1.82, 2.24) is 0 Å². The first-order valence-electron chi connectivity index (χ1n) is 5.80. The Balaban J connectivity index is 1.81. The third-order valence-corrected chi connectivity index (χ3v) is 4.40. The minimum absolute atomic E-state index is 0.612. The average Bonchev–Trinajstić information content (AvgIpc) is 2.45. The first-order chi connectivity index (χ1) is 9.29. The molecule has 0 aliphatic heterocycles. The monoisotopic (exact) mass is 333 g/mol. The predicted molar refractivity (Wildman–Crippen MR) is 81.5 cm³/mol. The normalized spacial score (nSPS) is 9.89. The molecule has 96 valence electrons. The number of thioether (sulfide) groups is 1. The molecule has 0 saturated heterocycles. The lowest BCUT2D eigenvalue weighted by molar-refractivity contribution is 0.344. The number of ether oxygens (including phenoxy) is 1. The van der Waals surface area contributed by atoms with Crippen LogP contribution in [0.15, 0.2) is 57.9 Å². The standard InChI is InChI=1S/C15H12BrNOS/c16-14-6-1-2-7-15(14)19-9-8-18-13-5-3-4-12(10-13)11-17/h1-7,10H,8-9H2. The topological polar surface area (TPSA) is 33.0 Å². The first-order valence-corrected chi connectivity index (χ1v) is 7.58. The van der Waals surface area contributed by atoms with Crippen LogP contribution < -0.4 is 4.74 Å². The van der Waals surface area contributed by atoms with Gasteiger partial charge in [0.05, 0.1) is 18.2 Å². The Labute approximate surface area is 125 Å². The van der Waals surface area contributed by atoms with Crippen molar-refractivity contribution in [3.63, 3.8) is 0 Å². The van der Waals surface area contributed by atoms with Gasteiger partial charge in [-0.3, -0.25) is 0 Å². The van der Waals surface area contributed by atoms with Gasteiger partial charge in [0.15, 0.2) is 0 Å². The van der Waals surface area contributed by atoms with E-state index >= 15 is 0 Å². The molecule has 4 heteroatoms. The van der Waals surface area contributed by atoms with Gasteiger partial charge in [-0.2, -0.15) is 5.26 Å². The Morgan fingerprint density at radius 3 is 2.79 bits per heavy atom. The van der Waals surface area contributed by atoms with Crippen LogP contribution in [0.25, 0.3) is 0 Å². The van der Waals surface area contributed by atoms with Crippen LogP contribution in [0.2, 0.25) is 0 Å². The molecule has 0 saturated carbocycles. The van der Waals surface area contributed by atoms with E-state index in [1.54, 1.807) is 23.9 Å². The van der Waals surface area contributed by atoms with E-state index in [0.29, 0.717) is 12.2 Å². The van der Waals surface area contributed by atoms with Crippen LogP contribution in [0, 0.1) is 11.3 Å². The van der Waals surface area contributed by atoms with Crippen LogP contribution in [0.4, 0.5) is 0 Å². The summed E-state index contributed by atoms with van der Waals surface area (Å²) >= 11 is 5.25. The van der Waals surface area contributed by atoms with Gasteiger partial charge in [0.2, 0.25) is 0 Å². The quantitative estimate of drug-likeness (QED) is 0.596. The van der Waals surface area contributed by atoms with Crippen LogP contribution >= 0.6 is 27.7 Å². The maximum Gasteiger partial charge on any atom is 0.120 e. The molecule has 0 N–H and O–H groups in total. The Morgan fingerprint density at radius 2 is 2.00 bits per heavy atom. The highest BCUT2D eigenvalue weighted by Crippen LogP contribution is 2.26. The predicted octanol–water partition coefficient (Wildman–Crippen LogP) is 4.49. The van der Waals surface area contributed by atoms with Crippen LogP contribution in [0.1, 0.15) is 5.56 Å². The van der Waals surface area contributed by atoms with Crippen molar-refractivity contribution in [3.05, 3.63) is 58.6 Å². The van der Waals surface area contributed by atoms with Gasteiger partial charge in [0, 0.05) is 15.1 Å². The Kier molecular flexibility index (Phi) is 5.31. The molecule has 0 amide bonds. The summed E-state index contributed by atoms with van der Waals surface area (Å²) in [6.07, 6.45) is 0. The summed E-state index contributed by atoms with van der Waals surface area (Å²) < 4.78 is 6.73. The van der Waals surface area contributed by atoms with Crippen molar-refractivity contribution in [2.75, 3.05) is 12.4 Å². The van der Waals surface area contributed by atoms with Crippen molar-refractivity contribution in [3.8, 4) is 11.8 Å². The van der Waals surface area contributed by atoms with E-state index in [-0.39, 0.29) is 0 Å². The lowest BCUT2D eigenvalue weighted by Crippen LogP contribution is -2.00. The van der Waals surface area contributed by atoms with E-state index in [1.807, 2.05) is 30.3 Å². The zero-order valence-electron chi connectivity index (χ0n) is 10.2. The smallest absolute Gasteiger partial charge is 0.120 e. The van der Waals surface area contributed by atoms with Crippen molar-refractivity contribution in [2.24, 2.45) is 0 Å². The fraction of sp³-hybridized carbons (Fsp3) is 0.133. The van der Waals surface area contributed by atoms with Crippen molar-refractivity contribution < 1.29 is 4.74 Å². The molecule has 2 rings (SSSR count). The lowest BCUT2D eigenvalue weighted by Gasteiger charge is -2.07. The van der Waals surface area contributed by atoms with Crippen molar-refractivity contribution >= 4 is 27.7 Å². The number of nitriles is 1. The number of rotatable bonds is 5. The molecule has 0 aliphatic carbocycles. The lowest BCUT2D eigenvalue weighted by atomic mass is 10.2. The Bertz CT molecular complexity index is 595. The van der Waals surface area contributed by atoms with Gasteiger partial charge >= 0.3 is 0 Å². The molecule has 2 nitrogen and oxygen atoms in total. The largest absolute Gasteiger partial charge is 0.493 e. The number of halogens is 1. The second kappa shape index (κ2) is 7.22. The van der Waals surface area contributed by atoms with E-state index in [4.69, 9.17) is 10.00 Å². The zero-order chi connectivity index (χ0) is 13.5. The molecule has 19 heavy (non-hydrogen) atoms.